The van der Waals surface area contributed by atoms with Crippen LogP contribution in [0.15, 0.2) is 18.3 Å². The Bertz CT molecular complexity index is 580. The van der Waals surface area contributed by atoms with E-state index >= 15 is 0 Å². The van der Waals surface area contributed by atoms with Crippen LogP contribution in [-0.4, -0.2) is 27.5 Å². The molecule has 2 aromatic rings. The maximum atomic E-state index is 4.55. The van der Waals surface area contributed by atoms with Gasteiger partial charge >= 0.3 is 0 Å². The summed E-state index contributed by atoms with van der Waals surface area (Å²) < 4.78 is 0. The number of hydrogen-bond donors (Lipinski definition) is 1. The molecule has 1 fully saturated rings. The Labute approximate surface area is 101 Å². The average Bonchev–Trinajstić information content (AvgIpc) is 2.62. The van der Waals surface area contributed by atoms with Crippen molar-refractivity contribution in [1.29, 1.82) is 0 Å². The molecule has 1 N–H and O–H groups in total. The van der Waals surface area contributed by atoms with Crippen molar-refractivity contribution >= 4 is 11.0 Å². The Morgan fingerprint density at radius 1 is 1.41 bits per heavy atom. The number of pyridine rings is 1. The Morgan fingerprint density at radius 2 is 2.29 bits per heavy atom. The number of nitrogens with one attached hydrogen (secondary N) is 1. The molecular formula is C14H17N3. The molecule has 4 rings (SSSR count). The molecule has 2 aromatic heterocycles. The summed E-state index contributed by atoms with van der Waals surface area (Å²) in [6, 6.07) is 4.14. The van der Waals surface area contributed by atoms with Gasteiger partial charge in [-0.05, 0) is 44.9 Å². The summed E-state index contributed by atoms with van der Waals surface area (Å²) in [6.45, 7) is 1.05. The Kier molecular flexibility index (Phi) is 1.76. The number of aromatic nitrogens is 2. The molecule has 3 heteroatoms. The normalized spacial score (nSPS) is 22.6. The number of rotatable bonds is 0. The zero-order chi connectivity index (χ0) is 11.5. The van der Waals surface area contributed by atoms with Gasteiger partial charge in [0.2, 0.25) is 0 Å². The predicted octanol–water partition coefficient (Wildman–Crippen LogP) is 2.47. The second-order valence-electron chi connectivity index (χ2n) is 5.59. The van der Waals surface area contributed by atoms with Gasteiger partial charge in [-0.3, -0.25) is 9.88 Å². The van der Waals surface area contributed by atoms with Gasteiger partial charge in [0, 0.05) is 29.5 Å². The fourth-order valence-corrected chi connectivity index (χ4v) is 3.47. The fraction of sp³-hybridized carbons (Fsp3) is 0.500. The molecule has 0 unspecified atom stereocenters. The highest BCUT2D eigenvalue weighted by Gasteiger charge is 2.44. The van der Waals surface area contributed by atoms with E-state index in [0.717, 1.165) is 6.54 Å². The Hall–Kier alpha value is -1.35. The van der Waals surface area contributed by atoms with Crippen molar-refractivity contribution in [2.24, 2.45) is 0 Å². The van der Waals surface area contributed by atoms with Crippen LogP contribution < -0.4 is 0 Å². The van der Waals surface area contributed by atoms with Gasteiger partial charge in [0.05, 0.1) is 11.0 Å². The van der Waals surface area contributed by atoms with Gasteiger partial charge < -0.3 is 4.98 Å². The SMILES string of the molecule is CN1Cc2[nH]c3cccnc3c2CC12CCC2. The standard InChI is InChI=1S/C14H17N3/c1-17-9-12-10(8-14(17)5-3-6-14)13-11(16-12)4-2-7-15-13/h2,4,7,16H,3,5-6,8-9H2,1H3. The van der Waals surface area contributed by atoms with E-state index in [1.807, 2.05) is 12.3 Å². The number of hydrogen-bond acceptors (Lipinski definition) is 2. The van der Waals surface area contributed by atoms with E-state index in [4.69, 9.17) is 0 Å². The van der Waals surface area contributed by atoms with Gasteiger partial charge in [-0.15, -0.1) is 0 Å². The van der Waals surface area contributed by atoms with E-state index in [9.17, 15) is 0 Å². The lowest BCUT2D eigenvalue weighted by Crippen LogP contribution is -2.55. The van der Waals surface area contributed by atoms with Crippen LogP contribution in [0.2, 0.25) is 0 Å². The van der Waals surface area contributed by atoms with Crippen LogP contribution in [0.1, 0.15) is 30.5 Å². The molecule has 1 aliphatic carbocycles. The fourth-order valence-electron chi connectivity index (χ4n) is 3.47. The van der Waals surface area contributed by atoms with Crippen molar-refractivity contribution in [3.05, 3.63) is 29.6 Å². The number of H-pyrrole nitrogens is 1. The number of likely N-dealkylation sites (N-methyl/N-ethyl adjacent to an activating group) is 1. The van der Waals surface area contributed by atoms with E-state index in [0.29, 0.717) is 5.54 Å². The quantitative estimate of drug-likeness (QED) is 0.749. The third-order valence-electron chi connectivity index (χ3n) is 4.74. The second-order valence-corrected chi connectivity index (χ2v) is 5.59. The first kappa shape index (κ1) is 9.66. The van der Waals surface area contributed by atoms with Crippen LogP contribution in [0.5, 0.6) is 0 Å². The first-order valence-corrected chi connectivity index (χ1v) is 6.44. The highest BCUT2D eigenvalue weighted by molar-refractivity contribution is 5.80. The molecule has 3 heterocycles. The minimum absolute atomic E-state index is 0.444. The number of aromatic amines is 1. The van der Waals surface area contributed by atoms with Crippen molar-refractivity contribution in [1.82, 2.24) is 14.9 Å². The maximum absolute atomic E-state index is 4.55. The van der Waals surface area contributed by atoms with Crippen molar-refractivity contribution in [2.75, 3.05) is 7.05 Å². The van der Waals surface area contributed by atoms with Crippen molar-refractivity contribution < 1.29 is 0 Å². The molecule has 0 bridgehead atoms. The van der Waals surface area contributed by atoms with E-state index < -0.39 is 0 Å². The van der Waals surface area contributed by atoms with E-state index in [-0.39, 0.29) is 0 Å². The summed E-state index contributed by atoms with van der Waals surface area (Å²) >= 11 is 0. The van der Waals surface area contributed by atoms with Crippen LogP contribution >= 0.6 is 0 Å². The van der Waals surface area contributed by atoms with Gasteiger partial charge in [0.15, 0.2) is 0 Å². The first-order chi connectivity index (χ1) is 8.28. The molecule has 1 aliphatic heterocycles. The summed E-state index contributed by atoms with van der Waals surface area (Å²) in [5.41, 5.74) is 5.68. The second kappa shape index (κ2) is 3.10. The number of fused-ring (bicyclic) bond motifs is 3. The third-order valence-corrected chi connectivity index (χ3v) is 4.74. The molecule has 2 aliphatic rings. The number of nitrogens with zero attached hydrogens (tertiary/aromatic N) is 2. The molecule has 0 aromatic carbocycles. The van der Waals surface area contributed by atoms with Gasteiger partial charge in [-0.1, -0.05) is 0 Å². The molecule has 0 saturated heterocycles. The summed E-state index contributed by atoms with van der Waals surface area (Å²) in [7, 11) is 2.26. The molecular weight excluding hydrogens is 210 g/mol. The molecule has 17 heavy (non-hydrogen) atoms. The predicted molar refractivity (Wildman–Crippen MR) is 67.8 cm³/mol. The third kappa shape index (κ3) is 1.18. The monoisotopic (exact) mass is 227 g/mol. The smallest absolute Gasteiger partial charge is 0.0914 e. The largest absolute Gasteiger partial charge is 0.356 e. The molecule has 88 valence electrons. The Balaban J connectivity index is 1.89. The maximum Gasteiger partial charge on any atom is 0.0914 e. The van der Waals surface area contributed by atoms with Crippen LogP contribution in [0.25, 0.3) is 11.0 Å². The van der Waals surface area contributed by atoms with Crippen molar-refractivity contribution in [3.63, 3.8) is 0 Å². The average molecular weight is 227 g/mol. The van der Waals surface area contributed by atoms with Gasteiger partial charge in [-0.2, -0.15) is 0 Å². The minimum atomic E-state index is 0.444. The molecule has 1 spiro atoms. The highest BCUT2D eigenvalue weighted by atomic mass is 15.2. The van der Waals surface area contributed by atoms with Crippen LogP contribution in [0.4, 0.5) is 0 Å². The highest BCUT2D eigenvalue weighted by Crippen LogP contribution is 2.45. The molecule has 0 atom stereocenters. The van der Waals surface area contributed by atoms with Gasteiger partial charge in [-0.25, -0.2) is 0 Å². The lowest BCUT2D eigenvalue weighted by atomic mass is 9.70. The Morgan fingerprint density at radius 3 is 3.06 bits per heavy atom. The van der Waals surface area contributed by atoms with E-state index in [1.165, 1.54) is 48.0 Å². The lowest BCUT2D eigenvalue weighted by molar-refractivity contribution is 0.0209. The topological polar surface area (TPSA) is 31.9 Å². The van der Waals surface area contributed by atoms with Gasteiger partial charge in [0.25, 0.3) is 0 Å². The summed E-state index contributed by atoms with van der Waals surface area (Å²) in [6.07, 6.45) is 7.17. The summed E-state index contributed by atoms with van der Waals surface area (Å²) in [5, 5.41) is 0. The molecule has 0 amide bonds. The van der Waals surface area contributed by atoms with Crippen LogP contribution in [-0.2, 0) is 13.0 Å². The van der Waals surface area contributed by atoms with E-state index in [2.05, 4.69) is 28.0 Å². The summed E-state index contributed by atoms with van der Waals surface area (Å²) in [4.78, 5) is 10.6. The lowest BCUT2D eigenvalue weighted by Gasteiger charge is -2.51. The molecule has 3 nitrogen and oxygen atoms in total. The summed E-state index contributed by atoms with van der Waals surface area (Å²) in [5.74, 6) is 0. The van der Waals surface area contributed by atoms with Crippen molar-refractivity contribution in [3.8, 4) is 0 Å². The van der Waals surface area contributed by atoms with E-state index in [1.54, 1.807) is 0 Å². The molecule has 1 saturated carbocycles. The first-order valence-electron chi connectivity index (χ1n) is 6.44. The van der Waals surface area contributed by atoms with Crippen LogP contribution in [0.3, 0.4) is 0 Å². The van der Waals surface area contributed by atoms with Crippen molar-refractivity contribution in [2.45, 2.75) is 37.8 Å². The zero-order valence-electron chi connectivity index (χ0n) is 10.2. The minimum Gasteiger partial charge on any atom is -0.356 e. The molecule has 0 radical (unpaired) electrons. The van der Waals surface area contributed by atoms with Gasteiger partial charge in [0.1, 0.15) is 0 Å². The zero-order valence-corrected chi connectivity index (χ0v) is 10.2. The van der Waals surface area contributed by atoms with Crippen LogP contribution in [0, 0.1) is 0 Å².